The number of hydrogen-bond acceptors (Lipinski definition) is 4. The summed E-state index contributed by atoms with van der Waals surface area (Å²) in [6, 6.07) is 3.96. The third-order valence-corrected chi connectivity index (χ3v) is 3.81. The van der Waals surface area contributed by atoms with Crippen LogP contribution >= 0.6 is 0 Å². The van der Waals surface area contributed by atoms with E-state index in [0.717, 1.165) is 35.8 Å². The van der Waals surface area contributed by atoms with Crippen LogP contribution in [0.4, 0.5) is 0 Å². The summed E-state index contributed by atoms with van der Waals surface area (Å²) in [6.07, 6.45) is 2.29. The lowest BCUT2D eigenvalue weighted by Crippen LogP contribution is -2.34. The zero-order valence-corrected chi connectivity index (χ0v) is 10.9. The van der Waals surface area contributed by atoms with Crippen molar-refractivity contribution >= 4 is 0 Å². The highest BCUT2D eigenvalue weighted by Crippen LogP contribution is 2.45. The highest BCUT2D eigenvalue weighted by atomic mass is 16.6. The minimum atomic E-state index is -0.0423. The molecule has 1 saturated heterocycles. The van der Waals surface area contributed by atoms with E-state index in [0.29, 0.717) is 13.2 Å². The average molecular weight is 249 g/mol. The molecule has 0 aromatic heterocycles. The van der Waals surface area contributed by atoms with Gasteiger partial charge >= 0.3 is 0 Å². The van der Waals surface area contributed by atoms with Gasteiger partial charge in [-0.2, -0.15) is 0 Å². The minimum Gasteiger partial charge on any atom is -0.497 e. The molecule has 18 heavy (non-hydrogen) atoms. The molecule has 1 atom stereocenters. The molecule has 98 valence electrons. The lowest BCUT2D eigenvalue weighted by atomic mass is 9.89. The predicted octanol–water partition coefficient (Wildman–Crippen LogP) is 2.06. The predicted molar refractivity (Wildman–Crippen MR) is 68.6 cm³/mol. The normalized spacial score (nSPS) is 26.1. The summed E-state index contributed by atoms with van der Waals surface area (Å²) in [5, 5.41) is 3.56. The van der Waals surface area contributed by atoms with Crippen molar-refractivity contribution < 1.29 is 14.2 Å². The molecule has 2 aliphatic rings. The van der Waals surface area contributed by atoms with E-state index >= 15 is 0 Å². The number of rotatable bonds is 2. The van der Waals surface area contributed by atoms with E-state index in [2.05, 4.69) is 18.3 Å². The van der Waals surface area contributed by atoms with Crippen LogP contribution in [0.5, 0.6) is 17.2 Å². The van der Waals surface area contributed by atoms with Gasteiger partial charge in [-0.1, -0.05) is 0 Å². The Kier molecular flexibility index (Phi) is 2.82. The second-order valence-corrected chi connectivity index (χ2v) is 5.06. The molecule has 1 fully saturated rings. The summed E-state index contributed by atoms with van der Waals surface area (Å²) in [6.45, 7) is 4.47. The van der Waals surface area contributed by atoms with E-state index in [1.165, 1.54) is 6.42 Å². The summed E-state index contributed by atoms with van der Waals surface area (Å²) in [5.41, 5.74) is 1.10. The van der Waals surface area contributed by atoms with Gasteiger partial charge < -0.3 is 19.5 Å². The summed E-state index contributed by atoms with van der Waals surface area (Å²) < 4.78 is 16.9. The first-order valence-corrected chi connectivity index (χ1v) is 6.46. The Hall–Kier alpha value is -1.42. The molecule has 0 bridgehead atoms. The standard InChI is InChI=1S/C14H19NO3/c1-14(4-3-5-15-14)11-8-10(16-2)9-12-13(11)18-7-6-17-12/h8-9,15H,3-7H2,1-2H3. The maximum absolute atomic E-state index is 5.81. The second kappa shape index (κ2) is 4.35. The van der Waals surface area contributed by atoms with Crippen molar-refractivity contribution in [3.8, 4) is 17.2 Å². The van der Waals surface area contributed by atoms with Crippen molar-refractivity contribution in [2.24, 2.45) is 0 Å². The Morgan fingerprint density at radius 1 is 1.28 bits per heavy atom. The van der Waals surface area contributed by atoms with E-state index in [9.17, 15) is 0 Å². The van der Waals surface area contributed by atoms with E-state index in [-0.39, 0.29) is 5.54 Å². The maximum Gasteiger partial charge on any atom is 0.166 e. The molecule has 3 rings (SSSR count). The maximum atomic E-state index is 5.81. The Labute approximate surface area is 107 Å². The third kappa shape index (κ3) is 1.81. The molecule has 1 unspecified atom stereocenters. The van der Waals surface area contributed by atoms with Gasteiger partial charge in [0, 0.05) is 17.2 Å². The van der Waals surface area contributed by atoms with Gasteiger partial charge in [0.25, 0.3) is 0 Å². The van der Waals surface area contributed by atoms with Crippen molar-refractivity contribution in [3.05, 3.63) is 17.7 Å². The molecule has 0 spiro atoms. The van der Waals surface area contributed by atoms with Crippen LogP contribution in [0, 0.1) is 0 Å². The van der Waals surface area contributed by atoms with Crippen molar-refractivity contribution in [2.45, 2.75) is 25.3 Å². The zero-order valence-electron chi connectivity index (χ0n) is 10.9. The fourth-order valence-electron chi connectivity index (χ4n) is 2.78. The number of methoxy groups -OCH3 is 1. The van der Waals surface area contributed by atoms with Crippen molar-refractivity contribution in [2.75, 3.05) is 26.9 Å². The van der Waals surface area contributed by atoms with Crippen LogP contribution in [-0.4, -0.2) is 26.9 Å². The third-order valence-electron chi connectivity index (χ3n) is 3.81. The first-order chi connectivity index (χ1) is 8.73. The molecule has 0 aliphatic carbocycles. The number of ether oxygens (including phenoxy) is 3. The van der Waals surface area contributed by atoms with Gasteiger partial charge in [-0.05, 0) is 32.4 Å². The van der Waals surface area contributed by atoms with Gasteiger partial charge in [-0.15, -0.1) is 0 Å². The van der Waals surface area contributed by atoms with E-state index < -0.39 is 0 Å². The molecule has 1 aromatic rings. The molecule has 0 radical (unpaired) electrons. The van der Waals surface area contributed by atoms with Crippen molar-refractivity contribution in [1.82, 2.24) is 5.32 Å². The van der Waals surface area contributed by atoms with Crippen LogP contribution in [0.3, 0.4) is 0 Å². The Morgan fingerprint density at radius 2 is 2.11 bits per heavy atom. The molecular weight excluding hydrogens is 230 g/mol. The minimum absolute atomic E-state index is 0.0423. The van der Waals surface area contributed by atoms with Gasteiger partial charge in [0.1, 0.15) is 19.0 Å². The smallest absolute Gasteiger partial charge is 0.166 e. The van der Waals surface area contributed by atoms with Gasteiger partial charge in [0.15, 0.2) is 11.5 Å². The second-order valence-electron chi connectivity index (χ2n) is 5.06. The number of benzene rings is 1. The van der Waals surface area contributed by atoms with Crippen LogP contribution < -0.4 is 19.5 Å². The first kappa shape index (κ1) is 11.7. The Morgan fingerprint density at radius 3 is 2.83 bits per heavy atom. The van der Waals surface area contributed by atoms with Gasteiger partial charge in [0.05, 0.1) is 7.11 Å². The fraction of sp³-hybridized carbons (Fsp3) is 0.571. The Bertz CT molecular complexity index is 453. The zero-order chi connectivity index (χ0) is 12.6. The number of fused-ring (bicyclic) bond motifs is 1. The highest BCUT2D eigenvalue weighted by Gasteiger charge is 2.35. The van der Waals surface area contributed by atoms with Crippen LogP contribution in [0.15, 0.2) is 12.1 Å². The van der Waals surface area contributed by atoms with Gasteiger partial charge in [0.2, 0.25) is 0 Å². The molecule has 4 nitrogen and oxygen atoms in total. The van der Waals surface area contributed by atoms with Gasteiger partial charge in [-0.3, -0.25) is 0 Å². The van der Waals surface area contributed by atoms with Crippen molar-refractivity contribution in [1.29, 1.82) is 0 Å². The molecule has 0 saturated carbocycles. The lowest BCUT2D eigenvalue weighted by molar-refractivity contribution is 0.165. The topological polar surface area (TPSA) is 39.7 Å². The van der Waals surface area contributed by atoms with Crippen LogP contribution in [0.2, 0.25) is 0 Å². The molecule has 1 N–H and O–H groups in total. The molecule has 1 aromatic carbocycles. The average Bonchev–Trinajstić information content (AvgIpc) is 2.85. The largest absolute Gasteiger partial charge is 0.497 e. The molecule has 2 aliphatic heterocycles. The molecule has 2 heterocycles. The number of hydrogen-bond donors (Lipinski definition) is 1. The first-order valence-electron chi connectivity index (χ1n) is 6.46. The molecule has 4 heteroatoms. The fourth-order valence-corrected chi connectivity index (χ4v) is 2.78. The summed E-state index contributed by atoms with van der Waals surface area (Å²) in [4.78, 5) is 0. The molecular formula is C14H19NO3. The van der Waals surface area contributed by atoms with E-state index in [1.54, 1.807) is 7.11 Å². The molecule has 0 amide bonds. The van der Waals surface area contributed by atoms with Gasteiger partial charge in [-0.25, -0.2) is 0 Å². The Balaban J connectivity index is 2.11. The number of nitrogens with one attached hydrogen (secondary N) is 1. The van der Waals surface area contributed by atoms with E-state index in [1.807, 2.05) is 6.07 Å². The lowest BCUT2D eigenvalue weighted by Gasteiger charge is -2.30. The monoisotopic (exact) mass is 249 g/mol. The van der Waals surface area contributed by atoms with Crippen LogP contribution in [0.1, 0.15) is 25.3 Å². The van der Waals surface area contributed by atoms with Crippen LogP contribution in [0.25, 0.3) is 0 Å². The summed E-state index contributed by atoms with van der Waals surface area (Å²) in [5.74, 6) is 2.49. The quantitative estimate of drug-likeness (QED) is 0.871. The SMILES string of the molecule is COc1cc2c(c(C3(C)CCCN3)c1)OCCO2. The summed E-state index contributed by atoms with van der Waals surface area (Å²) >= 11 is 0. The van der Waals surface area contributed by atoms with E-state index in [4.69, 9.17) is 14.2 Å². The highest BCUT2D eigenvalue weighted by molar-refractivity contribution is 5.55. The summed E-state index contributed by atoms with van der Waals surface area (Å²) in [7, 11) is 1.68. The van der Waals surface area contributed by atoms with Crippen LogP contribution in [-0.2, 0) is 5.54 Å². The van der Waals surface area contributed by atoms with Crippen molar-refractivity contribution in [3.63, 3.8) is 0 Å².